The van der Waals surface area contributed by atoms with E-state index in [2.05, 4.69) is 11.9 Å². The van der Waals surface area contributed by atoms with Crippen molar-refractivity contribution in [2.75, 3.05) is 0 Å². The van der Waals surface area contributed by atoms with Crippen LogP contribution >= 0.6 is 22.9 Å². The number of hydrogen-bond acceptors (Lipinski definition) is 3. The van der Waals surface area contributed by atoms with Crippen LogP contribution in [0.4, 0.5) is 0 Å². The summed E-state index contributed by atoms with van der Waals surface area (Å²) in [4.78, 5) is 17.6. The number of fused-ring (bicyclic) bond motifs is 1. The minimum absolute atomic E-state index is 0.0235. The Labute approximate surface area is 125 Å². The summed E-state index contributed by atoms with van der Waals surface area (Å²) >= 11 is 7.39. The molecule has 2 aromatic heterocycles. The van der Waals surface area contributed by atoms with E-state index in [0.29, 0.717) is 5.02 Å². The summed E-state index contributed by atoms with van der Waals surface area (Å²) in [5.41, 5.74) is 2.67. The Balaban J connectivity index is 2.18. The topological polar surface area (TPSA) is 34.4 Å². The molecule has 3 rings (SSSR count). The van der Waals surface area contributed by atoms with E-state index in [-0.39, 0.29) is 5.56 Å². The molecule has 0 aliphatic carbocycles. The van der Waals surface area contributed by atoms with Gasteiger partial charge in [-0.05, 0) is 24.1 Å². The molecule has 0 bridgehead atoms. The molecule has 0 amide bonds. The second kappa shape index (κ2) is 5.38. The largest absolute Gasteiger partial charge is 0.269 e. The lowest BCUT2D eigenvalue weighted by Gasteiger charge is -2.03. The Hall–Kier alpha value is -1.65. The van der Waals surface area contributed by atoms with E-state index in [4.69, 9.17) is 11.6 Å². The zero-order valence-corrected chi connectivity index (χ0v) is 12.5. The first-order chi connectivity index (χ1) is 9.69. The van der Waals surface area contributed by atoms with E-state index in [1.807, 2.05) is 29.6 Å². The highest BCUT2D eigenvalue weighted by molar-refractivity contribution is 7.15. The quantitative estimate of drug-likeness (QED) is 0.732. The number of benzene rings is 1. The number of nitrogens with zero attached hydrogens (tertiary/aromatic N) is 2. The Morgan fingerprint density at radius 3 is 2.75 bits per heavy atom. The van der Waals surface area contributed by atoms with Crippen LogP contribution in [0.1, 0.15) is 19.0 Å². The van der Waals surface area contributed by atoms with Crippen LogP contribution in [0, 0.1) is 0 Å². The summed E-state index contributed by atoms with van der Waals surface area (Å²) in [7, 11) is 0. The van der Waals surface area contributed by atoms with E-state index < -0.39 is 0 Å². The molecule has 0 unspecified atom stereocenters. The molecule has 3 aromatic rings. The van der Waals surface area contributed by atoms with Gasteiger partial charge in [0.2, 0.25) is 0 Å². The fourth-order valence-corrected chi connectivity index (χ4v) is 3.22. The van der Waals surface area contributed by atoms with Gasteiger partial charge in [0.25, 0.3) is 5.56 Å². The van der Waals surface area contributed by atoms with Gasteiger partial charge < -0.3 is 0 Å². The minimum Gasteiger partial charge on any atom is -0.269 e. The summed E-state index contributed by atoms with van der Waals surface area (Å²) in [5, 5.41) is 2.65. The second-order valence-electron chi connectivity index (χ2n) is 4.58. The van der Waals surface area contributed by atoms with E-state index in [9.17, 15) is 4.79 Å². The van der Waals surface area contributed by atoms with Gasteiger partial charge in [-0.1, -0.05) is 37.1 Å². The Kier molecular flexibility index (Phi) is 3.59. The predicted octanol–water partition coefficient (Wildman–Crippen LogP) is 4.03. The van der Waals surface area contributed by atoms with Gasteiger partial charge in [0.05, 0.1) is 5.69 Å². The molecular formula is C15H13ClN2OS. The molecule has 3 nitrogen and oxygen atoms in total. The van der Waals surface area contributed by atoms with Crippen molar-refractivity contribution in [2.24, 2.45) is 0 Å². The van der Waals surface area contributed by atoms with Gasteiger partial charge in [0.15, 0.2) is 4.96 Å². The second-order valence-corrected chi connectivity index (χ2v) is 5.85. The molecule has 0 atom stereocenters. The van der Waals surface area contributed by atoms with Crippen molar-refractivity contribution in [2.45, 2.75) is 19.8 Å². The van der Waals surface area contributed by atoms with Gasteiger partial charge in [-0.3, -0.25) is 9.20 Å². The summed E-state index contributed by atoms with van der Waals surface area (Å²) in [6, 6.07) is 9.10. The van der Waals surface area contributed by atoms with Crippen molar-refractivity contribution < 1.29 is 0 Å². The predicted molar refractivity (Wildman–Crippen MR) is 83.8 cm³/mol. The van der Waals surface area contributed by atoms with Gasteiger partial charge in [0, 0.05) is 22.2 Å². The van der Waals surface area contributed by atoms with Crippen LogP contribution < -0.4 is 5.56 Å². The molecule has 2 heterocycles. The van der Waals surface area contributed by atoms with Crippen molar-refractivity contribution in [1.82, 2.24) is 9.38 Å². The smallest absolute Gasteiger partial charge is 0.259 e. The molecule has 5 heteroatoms. The normalized spacial score (nSPS) is 11.1. The zero-order chi connectivity index (χ0) is 14.1. The third kappa shape index (κ3) is 2.37. The molecule has 102 valence electrons. The molecule has 0 aliphatic heterocycles. The van der Waals surface area contributed by atoms with Crippen molar-refractivity contribution in [3.05, 3.63) is 56.8 Å². The number of aryl methyl sites for hydroxylation is 1. The SMILES string of the molecule is CCCc1cc(=O)n2c(-c3ccc(Cl)cc3)csc2n1. The van der Waals surface area contributed by atoms with Crippen LogP contribution in [0.25, 0.3) is 16.2 Å². The first kappa shape index (κ1) is 13.3. The van der Waals surface area contributed by atoms with Crippen molar-refractivity contribution in [3.8, 4) is 11.3 Å². The first-order valence-electron chi connectivity index (χ1n) is 6.45. The molecule has 0 radical (unpaired) electrons. The highest BCUT2D eigenvalue weighted by Crippen LogP contribution is 2.25. The third-order valence-electron chi connectivity index (χ3n) is 3.10. The first-order valence-corrected chi connectivity index (χ1v) is 7.71. The van der Waals surface area contributed by atoms with Gasteiger partial charge in [0.1, 0.15) is 0 Å². The van der Waals surface area contributed by atoms with E-state index in [1.165, 1.54) is 11.3 Å². The summed E-state index contributed by atoms with van der Waals surface area (Å²) in [6.07, 6.45) is 1.82. The van der Waals surface area contributed by atoms with Crippen molar-refractivity contribution in [3.63, 3.8) is 0 Å². The number of rotatable bonds is 3. The van der Waals surface area contributed by atoms with Crippen LogP contribution in [0.2, 0.25) is 5.02 Å². The molecule has 0 aliphatic rings. The zero-order valence-electron chi connectivity index (χ0n) is 11.0. The molecular weight excluding hydrogens is 292 g/mol. The van der Waals surface area contributed by atoms with Crippen LogP contribution in [0.5, 0.6) is 0 Å². The maximum Gasteiger partial charge on any atom is 0.259 e. The number of hydrogen-bond donors (Lipinski definition) is 0. The highest BCUT2D eigenvalue weighted by atomic mass is 35.5. The Bertz CT molecular complexity index is 805. The molecule has 0 N–H and O–H groups in total. The summed E-state index contributed by atoms with van der Waals surface area (Å²) in [6.45, 7) is 2.08. The van der Waals surface area contributed by atoms with Crippen molar-refractivity contribution >= 4 is 27.9 Å². The monoisotopic (exact) mass is 304 g/mol. The molecule has 0 fully saturated rings. The molecule has 0 saturated heterocycles. The van der Waals surface area contributed by atoms with E-state index in [0.717, 1.165) is 34.8 Å². The fourth-order valence-electron chi connectivity index (χ4n) is 2.17. The molecule has 0 saturated carbocycles. The van der Waals surface area contributed by atoms with Crippen molar-refractivity contribution in [1.29, 1.82) is 0 Å². The lowest BCUT2D eigenvalue weighted by molar-refractivity contribution is 0.873. The lowest BCUT2D eigenvalue weighted by Crippen LogP contribution is -2.14. The summed E-state index contributed by atoms with van der Waals surface area (Å²) < 4.78 is 1.66. The van der Waals surface area contributed by atoms with Crippen LogP contribution in [-0.2, 0) is 6.42 Å². The number of thiazole rings is 1. The van der Waals surface area contributed by atoms with E-state index >= 15 is 0 Å². The lowest BCUT2D eigenvalue weighted by atomic mass is 10.2. The maximum atomic E-state index is 12.3. The Morgan fingerprint density at radius 1 is 1.30 bits per heavy atom. The average molecular weight is 305 g/mol. The van der Waals surface area contributed by atoms with Gasteiger partial charge in [-0.25, -0.2) is 4.98 Å². The average Bonchev–Trinajstić information content (AvgIpc) is 2.84. The van der Waals surface area contributed by atoms with Crippen LogP contribution in [-0.4, -0.2) is 9.38 Å². The fraction of sp³-hybridized carbons (Fsp3) is 0.200. The highest BCUT2D eigenvalue weighted by Gasteiger charge is 2.10. The molecule has 0 spiro atoms. The summed E-state index contributed by atoms with van der Waals surface area (Å²) in [5.74, 6) is 0. The minimum atomic E-state index is -0.0235. The van der Waals surface area contributed by atoms with Crippen LogP contribution in [0.3, 0.4) is 0 Å². The van der Waals surface area contributed by atoms with Crippen LogP contribution in [0.15, 0.2) is 40.5 Å². The van der Waals surface area contributed by atoms with Gasteiger partial charge in [-0.2, -0.15) is 0 Å². The maximum absolute atomic E-state index is 12.3. The van der Waals surface area contributed by atoms with Gasteiger partial charge in [-0.15, -0.1) is 11.3 Å². The van der Waals surface area contributed by atoms with E-state index in [1.54, 1.807) is 10.5 Å². The number of halogens is 1. The third-order valence-corrected chi connectivity index (χ3v) is 4.18. The van der Waals surface area contributed by atoms with Gasteiger partial charge >= 0.3 is 0 Å². The molecule has 20 heavy (non-hydrogen) atoms. The standard InChI is InChI=1S/C15H13ClN2OS/c1-2-3-12-8-14(19)18-13(9-20-15(18)17-12)10-4-6-11(16)7-5-10/h4-9H,2-3H2,1H3. The number of aromatic nitrogens is 2. The Morgan fingerprint density at radius 2 is 2.05 bits per heavy atom. The molecule has 1 aromatic carbocycles.